The molecule has 0 atom stereocenters. The molecule has 0 N–H and O–H groups in total. The Bertz CT molecular complexity index is 739. The van der Waals surface area contributed by atoms with Crippen LogP contribution in [0.2, 0.25) is 18.1 Å². The summed E-state index contributed by atoms with van der Waals surface area (Å²) >= 11 is 0. The van der Waals surface area contributed by atoms with Crippen LogP contribution in [0, 0.1) is 0 Å². The summed E-state index contributed by atoms with van der Waals surface area (Å²) < 4.78 is 6.27. The summed E-state index contributed by atoms with van der Waals surface area (Å²) in [5.41, 5.74) is 6.25. The lowest BCUT2D eigenvalue weighted by Gasteiger charge is -2.36. The Morgan fingerprint density at radius 2 is 1.32 bits per heavy atom. The zero-order chi connectivity index (χ0) is 18.1. The van der Waals surface area contributed by atoms with E-state index in [-0.39, 0.29) is 5.04 Å². The Labute approximate surface area is 153 Å². The lowest BCUT2D eigenvalue weighted by atomic mass is 10.1. The largest absolute Gasteiger partial charge is 0.417 e. The highest BCUT2D eigenvalue weighted by atomic mass is 28.4. The Morgan fingerprint density at radius 1 is 0.840 bits per heavy atom. The highest BCUT2D eigenvalue weighted by Crippen LogP contribution is 2.37. The molecule has 2 aromatic carbocycles. The predicted molar refractivity (Wildman–Crippen MR) is 110 cm³/mol. The van der Waals surface area contributed by atoms with Gasteiger partial charge in [-0.1, -0.05) is 69.3 Å². The summed E-state index contributed by atoms with van der Waals surface area (Å²) in [7, 11) is -1.65. The van der Waals surface area contributed by atoms with Crippen LogP contribution >= 0.6 is 0 Å². The third-order valence-electron chi connectivity index (χ3n) is 5.50. The molecule has 3 rings (SSSR count). The van der Waals surface area contributed by atoms with Crippen molar-refractivity contribution in [2.24, 2.45) is 4.99 Å². The van der Waals surface area contributed by atoms with Crippen LogP contribution in [-0.2, 0) is 4.43 Å². The molecule has 0 fully saturated rings. The Hall–Kier alpha value is -1.71. The van der Waals surface area contributed by atoms with Crippen LogP contribution in [0.5, 0.6) is 0 Å². The van der Waals surface area contributed by atoms with E-state index >= 15 is 0 Å². The van der Waals surface area contributed by atoms with Gasteiger partial charge in [0.1, 0.15) is 0 Å². The number of hydrogen-bond donors (Lipinski definition) is 0. The van der Waals surface area contributed by atoms with Crippen molar-refractivity contribution < 1.29 is 4.43 Å². The van der Waals surface area contributed by atoms with Gasteiger partial charge >= 0.3 is 0 Å². The number of rotatable bonds is 5. The Kier molecular flexibility index (Phi) is 4.98. The minimum Gasteiger partial charge on any atom is -0.417 e. The molecule has 0 amide bonds. The highest BCUT2D eigenvalue weighted by molar-refractivity contribution is 6.74. The van der Waals surface area contributed by atoms with E-state index in [0.717, 1.165) is 25.3 Å². The van der Waals surface area contributed by atoms with E-state index in [2.05, 4.69) is 82.4 Å². The maximum Gasteiger partial charge on any atom is 0.191 e. The van der Waals surface area contributed by atoms with Gasteiger partial charge in [-0.05, 0) is 35.7 Å². The summed E-state index contributed by atoms with van der Waals surface area (Å²) in [6, 6.07) is 17.1. The number of hydrogen-bond acceptors (Lipinski definition) is 2. The van der Waals surface area contributed by atoms with Crippen molar-refractivity contribution >= 4 is 14.0 Å². The van der Waals surface area contributed by atoms with Gasteiger partial charge in [-0.25, -0.2) is 0 Å². The van der Waals surface area contributed by atoms with Gasteiger partial charge in [-0.15, -0.1) is 0 Å². The van der Waals surface area contributed by atoms with Gasteiger partial charge in [-0.2, -0.15) is 0 Å². The second-order valence-electron chi connectivity index (χ2n) is 8.28. The second-order valence-corrected chi connectivity index (χ2v) is 13.1. The predicted octanol–water partition coefficient (Wildman–Crippen LogP) is 5.92. The minimum atomic E-state index is -1.65. The van der Waals surface area contributed by atoms with Gasteiger partial charge in [0.25, 0.3) is 0 Å². The van der Waals surface area contributed by atoms with E-state index in [1.165, 1.54) is 22.3 Å². The minimum absolute atomic E-state index is 0.266. The van der Waals surface area contributed by atoms with E-state index in [4.69, 9.17) is 9.42 Å². The summed E-state index contributed by atoms with van der Waals surface area (Å²) in [6.45, 7) is 13.1. The van der Waals surface area contributed by atoms with Crippen LogP contribution in [0.25, 0.3) is 11.1 Å². The molecular formula is C22H29NOSi. The molecule has 132 valence electrons. The number of fused-ring (bicyclic) bond motifs is 3. The van der Waals surface area contributed by atoms with Crippen molar-refractivity contribution in [3.8, 4) is 11.1 Å². The van der Waals surface area contributed by atoms with Crippen molar-refractivity contribution in [2.45, 2.75) is 45.3 Å². The quantitative estimate of drug-likeness (QED) is 0.413. The first kappa shape index (κ1) is 18.1. The summed E-state index contributed by atoms with van der Waals surface area (Å²) in [5.74, 6) is 0. The fourth-order valence-electron chi connectivity index (χ4n) is 2.96. The van der Waals surface area contributed by atoms with Crippen molar-refractivity contribution in [1.82, 2.24) is 0 Å². The van der Waals surface area contributed by atoms with E-state index in [0.29, 0.717) is 0 Å². The topological polar surface area (TPSA) is 21.6 Å². The SMILES string of the molecule is CC(C)(C)[Si](C)(C)OCCCN=C1c2ccccc2-c2ccccc21. The smallest absolute Gasteiger partial charge is 0.191 e. The van der Waals surface area contributed by atoms with Gasteiger partial charge in [0.05, 0.1) is 5.71 Å². The normalized spacial score (nSPS) is 13.6. The van der Waals surface area contributed by atoms with Crippen LogP contribution < -0.4 is 0 Å². The van der Waals surface area contributed by atoms with Crippen molar-refractivity contribution in [3.63, 3.8) is 0 Å². The molecule has 2 aromatic rings. The Morgan fingerprint density at radius 3 is 1.80 bits per heavy atom. The van der Waals surface area contributed by atoms with E-state index < -0.39 is 8.32 Å². The van der Waals surface area contributed by atoms with Gasteiger partial charge in [0, 0.05) is 24.3 Å². The standard InChI is InChI=1S/C22H29NOSi/c1-22(2,3)25(4,5)24-16-10-15-23-21-19-13-8-6-11-17(19)18-12-7-9-14-20(18)21/h6-9,11-14H,10,15-16H2,1-5H3. The molecule has 0 unspecified atom stereocenters. The Balaban J connectivity index is 1.69. The molecule has 0 spiro atoms. The monoisotopic (exact) mass is 351 g/mol. The molecular weight excluding hydrogens is 322 g/mol. The summed E-state index contributed by atoms with van der Waals surface area (Å²) in [4.78, 5) is 4.94. The van der Waals surface area contributed by atoms with E-state index in [9.17, 15) is 0 Å². The van der Waals surface area contributed by atoms with Gasteiger partial charge in [0.15, 0.2) is 8.32 Å². The molecule has 3 heteroatoms. The summed E-state index contributed by atoms with van der Waals surface area (Å²) in [6.07, 6.45) is 0.973. The molecule has 0 aromatic heterocycles. The first-order valence-electron chi connectivity index (χ1n) is 9.19. The molecule has 0 radical (unpaired) electrons. The molecule has 25 heavy (non-hydrogen) atoms. The number of nitrogens with zero attached hydrogens (tertiary/aromatic N) is 1. The third kappa shape index (κ3) is 3.63. The van der Waals surface area contributed by atoms with Crippen LogP contribution in [0.3, 0.4) is 0 Å². The lowest BCUT2D eigenvalue weighted by Crippen LogP contribution is -2.41. The zero-order valence-electron chi connectivity index (χ0n) is 16.1. The summed E-state index contributed by atoms with van der Waals surface area (Å²) in [5, 5.41) is 0.266. The van der Waals surface area contributed by atoms with Crippen LogP contribution in [0.4, 0.5) is 0 Å². The van der Waals surface area contributed by atoms with Crippen LogP contribution in [0.1, 0.15) is 38.3 Å². The van der Waals surface area contributed by atoms with E-state index in [1.54, 1.807) is 0 Å². The molecule has 0 heterocycles. The fraction of sp³-hybridized carbons (Fsp3) is 0.409. The first-order chi connectivity index (χ1) is 11.8. The molecule has 1 aliphatic carbocycles. The van der Waals surface area contributed by atoms with Crippen LogP contribution in [0.15, 0.2) is 53.5 Å². The lowest BCUT2D eigenvalue weighted by molar-refractivity contribution is 0.285. The molecule has 0 bridgehead atoms. The van der Waals surface area contributed by atoms with Gasteiger partial charge in [-0.3, -0.25) is 4.99 Å². The molecule has 0 saturated carbocycles. The van der Waals surface area contributed by atoms with Gasteiger partial charge in [0.2, 0.25) is 0 Å². The maximum atomic E-state index is 6.27. The van der Waals surface area contributed by atoms with Gasteiger partial charge < -0.3 is 4.43 Å². The molecule has 0 saturated heterocycles. The molecule has 1 aliphatic rings. The van der Waals surface area contributed by atoms with Crippen molar-refractivity contribution in [1.29, 1.82) is 0 Å². The zero-order valence-corrected chi connectivity index (χ0v) is 17.1. The molecule has 2 nitrogen and oxygen atoms in total. The van der Waals surface area contributed by atoms with Crippen LogP contribution in [-0.4, -0.2) is 27.2 Å². The maximum absolute atomic E-state index is 6.27. The number of aliphatic imine (C=N–C) groups is 1. The number of benzene rings is 2. The first-order valence-corrected chi connectivity index (χ1v) is 12.1. The van der Waals surface area contributed by atoms with Crippen molar-refractivity contribution in [3.05, 3.63) is 59.7 Å². The average Bonchev–Trinajstić information content (AvgIpc) is 2.88. The third-order valence-corrected chi connectivity index (χ3v) is 10.0. The average molecular weight is 352 g/mol. The van der Waals surface area contributed by atoms with E-state index in [1.807, 2.05) is 0 Å². The highest BCUT2D eigenvalue weighted by Gasteiger charge is 2.36. The fourth-order valence-corrected chi connectivity index (χ4v) is 4.05. The molecule has 0 aliphatic heterocycles. The van der Waals surface area contributed by atoms with Crippen molar-refractivity contribution in [2.75, 3.05) is 13.2 Å². The second kappa shape index (κ2) is 6.89.